The molecule has 0 atom stereocenters. The van der Waals surface area contributed by atoms with Crippen LogP contribution in [0.3, 0.4) is 0 Å². The van der Waals surface area contributed by atoms with Gasteiger partial charge in [0.25, 0.3) is 5.91 Å². The van der Waals surface area contributed by atoms with E-state index in [2.05, 4.69) is 4.98 Å². The molecule has 0 unspecified atom stereocenters. The lowest BCUT2D eigenvalue weighted by Gasteiger charge is -2.10. The highest BCUT2D eigenvalue weighted by Gasteiger charge is 2.04. The van der Waals surface area contributed by atoms with Crippen molar-refractivity contribution in [1.29, 1.82) is 0 Å². The fraction of sp³-hybridized carbons (Fsp3) is 0.400. The van der Waals surface area contributed by atoms with Crippen molar-refractivity contribution in [1.82, 2.24) is 9.88 Å². The average molecular weight is 194 g/mol. The molecule has 0 aliphatic carbocycles. The quantitative estimate of drug-likeness (QED) is 0.716. The smallest absolute Gasteiger partial charge is 0.260 e. The zero-order valence-electron chi connectivity index (χ0n) is 8.65. The number of pyridine rings is 1. The minimum absolute atomic E-state index is 0.0308. The normalized spacial score (nSPS) is 9.64. The molecule has 0 N–H and O–H groups in total. The summed E-state index contributed by atoms with van der Waals surface area (Å²) in [7, 11) is 3.38. The fourth-order valence-corrected chi connectivity index (χ4v) is 0.804. The Morgan fingerprint density at radius 1 is 1.50 bits per heavy atom. The Morgan fingerprint density at radius 3 is 2.71 bits per heavy atom. The van der Waals surface area contributed by atoms with Crippen molar-refractivity contribution in [3.63, 3.8) is 0 Å². The van der Waals surface area contributed by atoms with Gasteiger partial charge < -0.3 is 9.64 Å². The van der Waals surface area contributed by atoms with Gasteiger partial charge in [0.15, 0.2) is 6.61 Å². The Labute approximate surface area is 83.5 Å². The molecular weight excluding hydrogens is 180 g/mol. The Kier molecular flexibility index (Phi) is 3.45. The number of amides is 1. The number of likely N-dealkylation sites (N-methyl/N-ethyl adjacent to an activating group) is 1. The van der Waals surface area contributed by atoms with Gasteiger partial charge in [0.1, 0.15) is 0 Å². The SMILES string of the molecule is Cc1ccc(OCC(=O)N(C)C)nc1. The van der Waals surface area contributed by atoms with Crippen molar-refractivity contribution in [3.05, 3.63) is 23.9 Å². The van der Waals surface area contributed by atoms with Crippen LogP contribution in [0.15, 0.2) is 18.3 Å². The van der Waals surface area contributed by atoms with Gasteiger partial charge in [-0.1, -0.05) is 6.07 Å². The van der Waals surface area contributed by atoms with Crippen LogP contribution in [0.2, 0.25) is 0 Å². The summed E-state index contributed by atoms with van der Waals surface area (Å²) in [4.78, 5) is 16.7. The summed E-state index contributed by atoms with van der Waals surface area (Å²) in [6, 6.07) is 3.64. The first-order valence-electron chi connectivity index (χ1n) is 4.35. The molecule has 0 saturated carbocycles. The van der Waals surface area contributed by atoms with Gasteiger partial charge in [-0.3, -0.25) is 4.79 Å². The molecule has 0 aliphatic heterocycles. The number of ether oxygens (including phenoxy) is 1. The molecular formula is C10H14N2O2. The summed E-state index contributed by atoms with van der Waals surface area (Å²) in [6.07, 6.45) is 1.70. The van der Waals surface area contributed by atoms with Crippen LogP contribution in [0.4, 0.5) is 0 Å². The largest absolute Gasteiger partial charge is 0.468 e. The lowest BCUT2D eigenvalue weighted by Crippen LogP contribution is -2.27. The molecule has 1 rings (SSSR count). The molecule has 14 heavy (non-hydrogen) atoms. The van der Waals surface area contributed by atoms with E-state index < -0.39 is 0 Å². The van der Waals surface area contributed by atoms with Crippen LogP contribution in [0.1, 0.15) is 5.56 Å². The van der Waals surface area contributed by atoms with Crippen LogP contribution in [0.25, 0.3) is 0 Å². The minimum Gasteiger partial charge on any atom is -0.468 e. The van der Waals surface area contributed by atoms with E-state index >= 15 is 0 Å². The summed E-state index contributed by atoms with van der Waals surface area (Å²) in [6.45, 7) is 1.98. The van der Waals surface area contributed by atoms with Gasteiger partial charge in [0.2, 0.25) is 5.88 Å². The van der Waals surface area contributed by atoms with Gasteiger partial charge in [-0.05, 0) is 12.5 Å². The van der Waals surface area contributed by atoms with E-state index in [0.29, 0.717) is 5.88 Å². The van der Waals surface area contributed by atoms with Crippen molar-refractivity contribution in [2.75, 3.05) is 20.7 Å². The van der Waals surface area contributed by atoms with Crippen molar-refractivity contribution in [2.24, 2.45) is 0 Å². The molecule has 0 spiro atoms. The van der Waals surface area contributed by atoms with E-state index in [0.717, 1.165) is 5.56 Å². The number of rotatable bonds is 3. The van der Waals surface area contributed by atoms with E-state index in [1.807, 2.05) is 13.0 Å². The first-order valence-corrected chi connectivity index (χ1v) is 4.35. The number of hydrogen-bond donors (Lipinski definition) is 0. The molecule has 1 amide bonds. The van der Waals surface area contributed by atoms with E-state index in [4.69, 9.17) is 4.74 Å². The third kappa shape index (κ3) is 3.05. The Bertz CT molecular complexity index is 306. The van der Waals surface area contributed by atoms with Crippen LogP contribution >= 0.6 is 0 Å². The van der Waals surface area contributed by atoms with E-state index in [9.17, 15) is 4.79 Å². The molecule has 1 aromatic heterocycles. The van der Waals surface area contributed by atoms with Crippen molar-refractivity contribution in [2.45, 2.75) is 6.92 Å². The van der Waals surface area contributed by atoms with Crippen molar-refractivity contribution < 1.29 is 9.53 Å². The highest BCUT2D eigenvalue weighted by molar-refractivity contribution is 5.77. The minimum atomic E-state index is -0.0765. The molecule has 0 bridgehead atoms. The van der Waals surface area contributed by atoms with Crippen LogP contribution in [0.5, 0.6) is 5.88 Å². The average Bonchev–Trinajstić information content (AvgIpc) is 2.16. The molecule has 0 fully saturated rings. The van der Waals surface area contributed by atoms with Crippen molar-refractivity contribution in [3.8, 4) is 5.88 Å². The number of carbonyl (C=O) groups is 1. The number of hydrogen-bond acceptors (Lipinski definition) is 3. The second-order valence-corrected chi connectivity index (χ2v) is 3.25. The first-order chi connectivity index (χ1) is 6.59. The maximum atomic E-state index is 11.2. The van der Waals surface area contributed by atoms with Gasteiger partial charge in [-0.25, -0.2) is 4.98 Å². The molecule has 0 radical (unpaired) electrons. The molecule has 76 valence electrons. The van der Waals surface area contributed by atoms with Crippen LogP contribution in [-0.2, 0) is 4.79 Å². The molecule has 0 aliphatic rings. The number of nitrogens with zero attached hydrogens (tertiary/aromatic N) is 2. The lowest BCUT2D eigenvalue weighted by atomic mass is 10.3. The Morgan fingerprint density at radius 2 is 2.21 bits per heavy atom. The predicted molar refractivity (Wildman–Crippen MR) is 53.2 cm³/mol. The number of aromatic nitrogens is 1. The lowest BCUT2D eigenvalue weighted by molar-refractivity contribution is -0.130. The van der Waals surface area contributed by atoms with Crippen molar-refractivity contribution >= 4 is 5.91 Å². The maximum absolute atomic E-state index is 11.2. The number of carbonyl (C=O) groups excluding carboxylic acids is 1. The van der Waals surface area contributed by atoms with Gasteiger partial charge in [-0.2, -0.15) is 0 Å². The maximum Gasteiger partial charge on any atom is 0.260 e. The Hall–Kier alpha value is -1.58. The van der Waals surface area contributed by atoms with Gasteiger partial charge in [0.05, 0.1) is 0 Å². The summed E-state index contributed by atoms with van der Waals surface area (Å²) in [5.74, 6) is 0.401. The fourth-order valence-electron chi connectivity index (χ4n) is 0.804. The van der Waals surface area contributed by atoms with Gasteiger partial charge in [0, 0.05) is 26.4 Å². The monoisotopic (exact) mass is 194 g/mol. The zero-order valence-corrected chi connectivity index (χ0v) is 8.65. The highest BCUT2D eigenvalue weighted by atomic mass is 16.5. The van der Waals surface area contributed by atoms with E-state index in [1.165, 1.54) is 4.90 Å². The third-order valence-electron chi connectivity index (χ3n) is 1.73. The second kappa shape index (κ2) is 4.60. The third-order valence-corrected chi connectivity index (χ3v) is 1.73. The molecule has 4 nitrogen and oxygen atoms in total. The summed E-state index contributed by atoms with van der Waals surface area (Å²) in [5, 5.41) is 0. The van der Waals surface area contributed by atoms with Gasteiger partial charge >= 0.3 is 0 Å². The zero-order chi connectivity index (χ0) is 10.6. The first kappa shape index (κ1) is 10.5. The molecule has 1 heterocycles. The Balaban J connectivity index is 2.46. The summed E-state index contributed by atoms with van der Waals surface area (Å²) in [5.41, 5.74) is 1.07. The topological polar surface area (TPSA) is 42.4 Å². The summed E-state index contributed by atoms with van der Waals surface area (Å²) >= 11 is 0. The second-order valence-electron chi connectivity index (χ2n) is 3.25. The molecule has 0 aromatic carbocycles. The highest BCUT2D eigenvalue weighted by Crippen LogP contribution is 2.06. The van der Waals surface area contributed by atoms with Crippen LogP contribution in [0, 0.1) is 6.92 Å². The van der Waals surface area contributed by atoms with E-state index in [-0.39, 0.29) is 12.5 Å². The standard InChI is InChI=1S/C10H14N2O2/c1-8-4-5-9(11-6-8)14-7-10(13)12(2)3/h4-6H,7H2,1-3H3. The predicted octanol–water partition coefficient (Wildman–Crippen LogP) is 0.857. The molecule has 0 saturated heterocycles. The molecule has 4 heteroatoms. The molecule has 1 aromatic rings. The van der Waals surface area contributed by atoms with E-state index in [1.54, 1.807) is 26.4 Å². The van der Waals surface area contributed by atoms with Gasteiger partial charge in [-0.15, -0.1) is 0 Å². The summed E-state index contributed by atoms with van der Waals surface area (Å²) < 4.78 is 5.18. The van der Waals surface area contributed by atoms with Crippen LogP contribution in [-0.4, -0.2) is 36.5 Å². The van der Waals surface area contributed by atoms with Crippen LogP contribution < -0.4 is 4.74 Å². The number of aryl methyl sites for hydroxylation is 1.